The maximum Gasteiger partial charge on any atom is 0.237 e. The topological polar surface area (TPSA) is 29.1 Å². The van der Waals surface area contributed by atoms with E-state index in [2.05, 4.69) is 5.32 Å². The molecule has 1 atom stereocenters. The van der Waals surface area contributed by atoms with Crippen molar-refractivity contribution in [2.45, 2.75) is 17.1 Å². The van der Waals surface area contributed by atoms with Gasteiger partial charge in [0.05, 0.1) is 15.3 Å². The second-order valence-electron chi connectivity index (χ2n) is 4.19. The van der Waals surface area contributed by atoms with Crippen LogP contribution in [0.1, 0.15) is 6.92 Å². The quantitative estimate of drug-likeness (QED) is 0.791. The third-order valence-corrected chi connectivity index (χ3v) is 4.46. The van der Waals surface area contributed by atoms with Crippen molar-refractivity contribution in [3.63, 3.8) is 0 Å². The van der Waals surface area contributed by atoms with E-state index in [4.69, 9.17) is 23.2 Å². The summed E-state index contributed by atoms with van der Waals surface area (Å²) in [5.74, 6) is -0.0720. The Bertz CT molecular complexity index is 604. The van der Waals surface area contributed by atoms with Gasteiger partial charge in [-0.3, -0.25) is 4.79 Å². The minimum absolute atomic E-state index is 0.0720. The number of hydrogen-bond donors (Lipinski definition) is 1. The lowest BCUT2D eigenvalue weighted by molar-refractivity contribution is -0.115. The Balaban J connectivity index is 1.99. The van der Waals surface area contributed by atoms with Crippen molar-refractivity contribution in [1.29, 1.82) is 0 Å². The van der Waals surface area contributed by atoms with E-state index in [-0.39, 0.29) is 11.2 Å². The van der Waals surface area contributed by atoms with Gasteiger partial charge in [0.1, 0.15) is 0 Å². The Morgan fingerprint density at radius 2 is 1.80 bits per heavy atom. The highest BCUT2D eigenvalue weighted by molar-refractivity contribution is 8.00. The molecular weight excluding hydrogens is 313 g/mol. The van der Waals surface area contributed by atoms with E-state index in [1.165, 1.54) is 11.8 Å². The zero-order chi connectivity index (χ0) is 14.5. The van der Waals surface area contributed by atoms with Crippen LogP contribution in [-0.4, -0.2) is 11.2 Å². The highest BCUT2D eigenvalue weighted by atomic mass is 35.5. The van der Waals surface area contributed by atoms with Crippen molar-refractivity contribution in [1.82, 2.24) is 0 Å². The van der Waals surface area contributed by atoms with Gasteiger partial charge in [0.2, 0.25) is 5.91 Å². The minimum atomic E-state index is -0.202. The van der Waals surface area contributed by atoms with Crippen molar-refractivity contribution >= 4 is 46.6 Å². The summed E-state index contributed by atoms with van der Waals surface area (Å²) in [7, 11) is 0. The number of carbonyl (C=O) groups excluding carboxylic acids is 1. The zero-order valence-electron chi connectivity index (χ0n) is 10.8. The van der Waals surface area contributed by atoms with Crippen molar-refractivity contribution in [2.24, 2.45) is 0 Å². The lowest BCUT2D eigenvalue weighted by Gasteiger charge is -2.12. The second kappa shape index (κ2) is 7.02. The van der Waals surface area contributed by atoms with Gasteiger partial charge >= 0.3 is 0 Å². The third-order valence-electron chi connectivity index (χ3n) is 2.61. The van der Waals surface area contributed by atoms with E-state index >= 15 is 0 Å². The van der Waals surface area contributed by atoms with Crippen LogP contribution in [0, 0.1) is 0 Å². The molecule has 0 heterocycles. The number of thioether (sulfide) groups is 1. The van der Waals surface area contributed by atoms with Crippen molar-refractivity contribution in [3.8, 4) is 0 Å². The highest BCUT2D eigenvalue weighted by Gasteiger charge is 2.14. The van der Waals surface area contributed by atoms with Crippen LogP contribution in [0.3, 0.4) is 0 Å². The maximum absolute atomic E-state index is 12.1. The SMILES string of the molecule is C[C@@H](Sc1ccccc1)C(=O)Nc1ccc(Cl)c(Cl)c1. The monoisotopic (exact) mass is 325 g/mol. The van der Waals surface area contributed by atoms with E-state index in [0.717, 1.165) is 4.90 Å². The second-order valence-corrected chi connectivity index (χ2v) is 6.42. The van der Waals surface area contributed by atoms with Gasteiger partial charge in [-0.05, 0) is 37.3 Å². The highest BCUT2D eigenvalue weighted by Crippen LogP contribution is 2.27. The van der Waals surface area contributed by atoms with E-state index < -0.39 is 0 Å². The van der Waals surface area contributed by atoms with E-state index in [0.29, 0.717) is 15.7 Å². The molecule has 0 radical (unpaired) electrons. The smallest absolute Gasteiger partial charge is 0.237 e. The molecule has 0 aliphatic carbocycles. The number of anilines is 1. The van der Waals surface area contributed by atoms with Crippen LogP contribution < -0.4 is 5.32 Å². The molecule has 0 spiro atoms. The molecule has 0 saturated heterocycles. The summed E-state index contributed by atoms with van der Waals surface area (Å²) in [4.78, 5) is 13.2. The number of hydrogen-bond acceptors (Lipinski definition) is 2. The predicted molar refractivity (Wildman–Crippen MR) is 86.9 cm³/mol. The number of nitrogens with one attached hydrogen (secondary N) is 1. The van der Waals surface area contributed by atoms with Gasteiger partial charge < -0.3 is 5.32 Å². The van der Waals surface area contributed by atoms with Crippen LogP contribution in [-0.2, 0) is 4.79 Å². The standard InChI is InChI=1S/C15H13Cl2NOS/c1-10(20-12-5-3-2-4-6-12)15(19)18-11-7-8-13(16)14(17)9-11/h2-10H,1H3,(H,18,19)/t10-/m1/s1. The first-order valence-electron chi connectivity index (χ1n) is 6.04. The first-order valence-corrected chi connectivity index (χ1v) is 7.67. The molecule has 0 aromatic heterocycles. The van der Waals surface area contributed by atoms with Gasteiger partial charge in [-0.15, -0.1) is 11.8 Å². The molecule has 2 aromatic carbocycles. The van der Waals surface area contributed by atoms with Crippen LogP contribution in [0.2, 0.25) is 10.0 Å². The molecule has 2 aromatic rings. The first-order chi connectivity index (χ1) is 9.56. The Morgan fingerprint density at radius 3 is 2.45 bits per heavy atom. The first kappa shape index (κ1) is 15.2. The molecule has 5 heteroatoms. The average molecular weight is 326 g/mol. The van der Waals surface area contributed by atoms with Gasteiger partial charge in [0.25, 0.3) is 0 Å². The van der Waals surface area contributed by atoms with Gasteiger partial charge in [-0.1, -0.05) is 41.4 Å². The maximum atomic E-state index is 12.1. The average Bonchev–Trinajstić information content (AvgIpc) is 2.44. The fourth-order valence-corrected chi connectivity index (χ4v) is 2.76. The number of carbonyl (C=O) groups is 1. The summed E-state index contributed by atoms with van der Waals surface area (Å²) < 4.78 is 0. The van der Waals surface area contributed by atoms with Crippen molar-refractivity contribution in [3.05, 3.63) is 58.6 Å². The normalized spacial score (nSPS) is 11.9. The summed E-state index contributed by atoms with van der Waals surface area (Å²) in [6.45, 7) is 1.87. The molecule has 2 rings (SSSR count). The molecule has 0 fully saturated rings. The van der Waals surface area contributed by atoms with E-state index in [9.17, 15) is 4.79 Å². The molecule has 1 amide bonds. The summed E-state index contributed by atoms with van der Waals surface area (Å²) in [5, 5.41) is 3.52. The predicted octanol–water partition coefficient (Wildman–Crippen LogP) is 5.11. The fraction of sp³-hybridized carbons (Fsp3) is 0.133. The number of benzene rings is 2. The summed E-state index contributed by atoms with van der Waals surface area (Å²) >= 11 is 13.3. The lowest BCUT2D eigenvalue weighted by Crippen LogP contribution is -2.22. The Labute approximate surface area is 132 Å². The minimum Gasteiger partial charge on any atom is -0.325 e. The zero-order valence-corrected chi connectivity index (χ0v) is 13.1. The van der Waals surface area contributed by atoms with Crippen LogP contribution in [0.4, 0.5) is 5.69 Å². The van der Waals surface area contributed by atoms with Crippen LogP contribution in [0.5, 0.6) is 0 Å². The van der Waals surface area contributed by atoms with Crippen LogP contribution in [0.25, 0.3) is 0 Å². The van der Waals surface area contributed by atoms with E-state index in [1.807, 2.05) is 37.3 Å². The van der Waals surface area contributed by atoms with Crippen molar-refractivity contribution < 1.29 is 4.79 Å². The third kappa shape index (κ3) is 4.17. The van der Waals surface area contributed by atoms with Gasteiger partial charge in [0.15, 0.2) is 0 Å². The van der Waals surface area contributed by atoms with Gasteiger partial charge in [-0.25, -0.2) is 0 Å². The Hall–Kier alpha value is -1.16. The summed E-state index contributed by atoms with van der Waals surface area (Å²) in [5.41, 5.74) is 0.643. The van der Waals surface area contributed by atoms with Gasteiger partial charge in [0, 0.05) is 10.6 Å². The fourth-order valence-electron chi connectivity index (χ4n) is 1.57. The van der Waals surface area contributed by atoms with Crippen LogP contribution in [0.15, 0.2) is 53.4 Å². The summed E-state index contributed by atoms with van der Waals surface area (Å²) in [6.07, 6.45) is 0. The molecule has 20 heavy (non-hydrogen) atoms. The molecular formula is C15H13Cl2NOS. The molecule has 0 unspecified atom stereocenters. The van der Waals surface area contributed by atoms with Crippen LogP contribution >= 0.6 is 35.0 Å². The summed E-state index contributed by atoms with van der Waals surface area (Å²) in [6, 6.07) is 14.8. The largest absolute Gasteiger partial charge is 0.325 e. The van der Waals surface area contributed by atoms with Crippen molar-refractivity contribution in [2.75, 3.05) is 5.32 Å². The molecule has 1 N–H and O–H groups in total. The molecule has 0 bridgehead atoms. The van der Waals surface area contributed by atoms with E-state index in [1.54, 1.807) is 18.2 Å². The molecule has 0 aliphatic heterocycles. The number of halogens is 2. The number of amides is 1. The number of rotatable bonds is 4. The Kier molecular flexibility index (Phi) is 5.35. The lowest BCUT2D eigenvalue weighted by atomic mass is 10.3. The molecule has 104 valence electrons. The molecule has 0 saturated carbocycles. The Morgan fingerprint density at radius 1 is 1.10 bits per heavy atom. The van der Waals surface area contributed by atoms with Gasteiger partial charge in [-0.2, -0.15) is 0 Å². The molecule has 0 aliphatic rings. The molecule has 2 nitrogen and oxygen atoms in total.